The molecule has 124 valence electrons. The van der Waals surface area contributed by atoms with E-state index in [2.05, 4.69) is 20.3 Å². The maximum absolute atomic E-state index is 11.7. The van der Waals surface area contributed by atoms with Crippen LogP contribution in [-0.2, 0) is 10.0 Å². The summed E-state index contributed by atoms with van der Waals surface area (Å²) in [5, 5.41) is 3.23. The number of anilines is 1. The first-order valence-electron chi connectivity index (χ1n) is 7.53. The predicted octanol–water partition coefficient (Wildman–Crippen LogP) is 0.664. The Morgan fingerprint density at radius 2 is 2.13 bits per heavy atom. The monoisotopic (exact) mass is 336 g/mol. The number of imidazole rings is 1. The van der Waals surface area contributed by atoms with Crippen LogP contribution in [0.15, 0.2) is 24.8 Å². The average Bonchev–Trinajstić information content (AvgIpc) is 2.92. The highest BCUT2D eigenvalue weighted by atomic mass is 32.2. The van der Waals surface area contributed by atoms with E-state index in [1.165, 1.54) is 4.31 Å². The van der Waals surface area contributed by atoms with Crippen LogP contribution in [0, 0.1) is 12.8 Å². The minimum atomic E-state index is -3.05. The molecule has 3 heterocycles. The number of aryl methyl sites for hydroxylation is 1. The largest absolute Gasteiger partial charge is 0.368 e. The van der Waals surface area contributed by atoms with Crippen molar-refractivity contribution in [2.75, 3.05) is 30.7 Å². The number of hydrogen-bond donors (Lipinski definition) is 1. The van der Waals surface area contributed by atoms with Crippen LogP contribution >= 0.6 is 0 Å². The van der Waals surface area contributed by atoms with Crippen molar-refractivity contribution in [2.24, 2.45) is 5.92 Å². The Bertz CT molecular complexity index is 782. The molecule has 9 heteroatoms. The van der Waals surface area contributed by atoms with E-state index in [9.17, 15) is 8.42 Å². The molecular weight excluding hydrogens is 316 g/mol. The maximum atomic E-state index is 11.7. The Labute approximate surface area is 135 Å². The molecule has 1 N–H and O–H groups in total. The summed E-state index contributed by atoms with van der Waals surface area (Å²) < 4.78 is 26.7. The molecule has 23 heavy (non-hydrogen) atoms. The third-order valence-corrected chi connectivity index (χ3v) is 5.76. The van der Waals surface area contributed by atoms with Crippen LogP contribution in [0.1, 0.15) is 12.7 Å². The molecule has 3 rings (SSSR count). The quantitative estimate of drug-likeness (QED) is 0.833. The molecule has 1 fully saturated rings. The van der Waals surface area contributed by atoms with Gasteiger partial charge in [0.1, 0.15) is 11.6 Å². The third kappa shape index (κ3) is 3.35. The first kappa shape index (κ1) is 15.9. The number of sulfonamides is 1. The SMILES string of the molecule is CCS(=O)(=O)N1CC(CNc2cncc(-n3ccnc3C)n2)C1. The van der Waals surface area contributed by atoms with Gasteiger partial charge in [0, 0.05) is 37.9 Å². The van der Waals surface area contributed by atoms with Crippen LogP contribution in [0.3, 0.4) is 0 Å². The van der Waals surface area contributed by atoms with Crippen LogP contribution in [0.4, 0.5) is 5.82 Å². The van der Waals surface area contributed by atoms with E-state index in [4.69, 9.17) is 0 Å². The lowest BCUT2D eigenvalue weighted by Gasteiger charge is -2.37. The molecule has 1 aliphatic heterocycles. The second-order valence-corrected chi connectivity index (χ2v) is 7.83. The molecule has 0 spiro atoms. The molecule has 0 saturated carbocycles. The molecule has 0 aromatic carbocycles. The van der Waals surface area contributed by atoms with Crippen LogP contribution in [0.2, 0.25) is 0 Å². The van der Waals surface area contributed by atoms with Gasteiger partial charge in [0.05, 0.1) is 18.1 Å². The van der Waals surface area contributed by atoms with Crippen LogP contribution in [0.25, 0.3) is 5.82 Å². The third-order valence-electron chi connectivity index (χ3n) is 3.95. The minimum Gasteiger partial charge on any atom is -0.368 e. The molecule has 1 saturated heterocycles. The molecule has 0 radical (unpaired) electrons. The Kier molecular flexibility index (Phi) is 4.31. The van der Waals surface area contributed by atoms with E-state index >= 15 is 0 Å². The Morgan fingerprint density at radius 3 is 2.78 bits per heavy atom. The fraction of sp³-hybridized carbons (Fsp3) is 0.500. The predicted molar refractivity (Wildman–Crippen MR) is 86.9 cm³/mol. The summed E-state index contributed by atoms with van der Waals surface area (Å²) in [5.41, 5.74) is 0. The van der Waals surface area contributed by atoms with Gasteiger partial charge in [0.25, 0.3) is 0 Å². The van der Waals surface area contributed by atoms with E-state index in [0.717, 1.165) is 5.82 Å². The average molecular weight is 336 g/mol. The van der Waals surface area contributed by atoms with E-state index in [1.54, 1.807) is 25.5 Å². The Hall–Kier alpha value is -2.00. The zero-order valence-corrected chi connectivity index (χ0v) is 14.0. The molecule has 0 unspecified atom stereocenters. The van der Waals surface area contributed by atoms with Crippen LogP contribution in [0.5, 0.6) is 0 Å². The Morgan fingerprint density at radius 1 is 1.35 bits per heavy atom. The lowest BCUT2D eigenvalue weighted by Crippen LogP contribution is -2.52. The number of rotatable bonds is 6. The second kappa shape index (κ2) is 6.25. The van der Waals surface area contributed by atoms with Crippen LogP contribution in [-0.4, -0.2) is 57.6 Å². The molecular formula is C14H20N6O2S. The molecule has 0 bridgehead atoms. The number of hydrogen-bond acceptors (Lipinski definition) is 6. The van der Waals surface area contributed by atoms with Gasteiger partial charge in [0.2, 0.25) is 10.0 Å². The topological polar surface area (TPSA) is 93.0 Å². The number of aromatic nitrogens is 4. The summed E-state index contributed by atoms with van der Waals surface area (Å²) in [5.74, 6) is 2.68. The minimum absolute atomic E-state index is 0.158. The summed E-state index contributed by atoms with van der Waals surface area (Å²) in [6.45, 7) is 5.38. The molecule has 0 amide bonds. The van der Waals surface area contributed by atoms with Crippen molar-refractivity contribution in [1.29, 1.82) is 0 Å². The standard InChI is InChI=1S/C14H20N6O2S/c1-3-23(21,22)19-9-12(10-19)6-17-13-7-15-8-14(18-13)20-5-4-16-11(20)2/h4-5,7-8,12H,3,6,9-10H2,1-2H3,(H,17,18). The summed E-state index contributed by atoms with van der Waals surface area (Å²) in [7, 11) is -3.05. The number of nitrogens with one attached hydrogen (secondary N) is 1. The second-order valence-electron chi connectivity index (χ2n) is 5.57. The van der Waals surface area contributed by atoms with Gasteiger partial charge in [-0.05, 0) is 13.8 Å². The highest BCUT2D eigenvalue weighted by Crippen LogP contribution is 2.20. The van der Waals surface area contributed by atoms with Gasteiger partial charge in [-0.15, -0.1) is 0 Å². The summed E-state index contributed by atoms with van der Waals surface area (Å²) in [4.78, 5) is 12.9. The van der Waals surface area contributed by atoms with Crippen molar-refractivity contribution in [3.63, 3.8) is 0 Å². The van der Waals surface area contributed by atoms with Gasteiger partial charge >= 0.3 is 0 Å². The van der Waals surface area contributed by atoms with Gasteiger partial charge in [-0.25, -0.2) is 22.7 Å². The first-order chi connectivity index (χ1) is 11.0. The van der Waals surface area contributed by atoms with Gasteiger partial charge in [0.15, 0.2) is 5.82 Å². The maximum Gasteiger partial charge on any atom is 0.213 e. The molecule has 2 aromatic heterocycles. The summed E-state index contributed by atoms with van der Waals surface area (Å²) >= 11 is 0. The van der Waals surface area contributed by atoms with Gasteiger partial charge in [-0.3, -0.25) is 9.55 Å². The molecule has 8 nitrogen and oxygen atoms in total. The zero-order valence-electron chi connectivity index (χ0n) is 13.2. The summed E-state index contributed by atoms with van der Waals surface area (Å²) in [6, 6.07) is 0. The van der Waals surface area contributed by atoms with Crippen molar-refractivity contribution in [2.45, 2.75) is 13.8 Å². The molecule has 0 atom stereocenters. The van der Waals surface area contributed by atoms with Gasteiger partial charge in [-0.2, -0.15) is 0 Å². The van der Waals surface area contributed by atoms with Crippen molar-refractivity contribution in [1.82, 2.24) is 23.8 Å². The van der Waals surface area contributed by atoms with Gasteiger partial charge in [-0.1, -0.05) is 0 Å². The van der Waals surface area contributed by atoms with Gasteiger partial charge < -0.3 is 5.32 Å². The number of nitrogens with zero attached hydrogens (tertiary/aromatic N) is 5. The van der Waals surface area contributed by atoms with Crippen molar-refractivity contribution < 1.29 is 8.42 Å². The lowest BCUT2D eigenvalue weighted by molar-refractivity contribution is 0.212. The fourth-order valence-electron chi connectivity index (χ4n) is 2.49. The van der Waals surface area contributed by atoms with E-state index in [-0.39, 0.29) is 5.75 Å². The first-order valence-corrected chi connectivity index (χ1v) is 9.14. The van der Waals surface area contributed by atoms with Crippen molar-refractivity contribution in [3.05, 3.63) is 30.6 Å². The smallest absolute Gasteiger partial charge is 0.213 e. The lowest BCUT2D eigenvalue weighted by atomic mass is 10.0. The molecule has 2 aromatic rings. The van der Waals surface area contributed by atoms with E-state index in [0.29, 0.717) is 37.2 Å². The molecule has 1 aliphatic rings. The highest BCUT2D eigenvalue weighted by Gasteiger charge is 2.34. The van der Waals surface area contributed by atoms with Crippen LogP contribution < -0.4 is 5.32 Å². The Balaban J connectivity index is 1.57. The summed E-state index contributed by atoms with van der Waals surface area (Å²) in [6.07, 6.45) is 6.89. The normalized spacial score (nSPS) is 16.3. The fourth-order valence-corrected chi connectivity index (χ4v) is 3.73. The highest BCUT2D eigenvalue weighted by molar-refractivity contribution is 7.89. The van der Waals surface area contributed by atoms with Crippen molar-refractivity contribution >= 4 is 15.8 Å². The van der Waals surface area contributed by atoms with E-state index < -0.39 is 10.0 Å². The zero-order chi connectivity index (χ0) is 16.4. The van der Waals surface area contributed by atoms with Crippen molar-refractivity contribution in [3.8, 4) is 5.82 Å². The molecule has 0 aliphatic carbocycles. The van der Waals surface area contributed by atoms with E-state index in [1.807, 2.05) is 17.7 Å².